The van der Waals surface area contributed by atoms with Crippen molar-refractivity contribution < 1.29 is 38.2 Å². The fourth-order valence-corrected chi connectivity index (χ4v) is 7.01. The molecule has 0 saturated heterocycles. The Hall–Kier alpha value is -1.93. The first-order chi connectivity index (χ1) is 26.6. The van der Waals surface area contributed by atoms with E-state index in [4.69, 9.17) is 14.2 Å². The summed E-state index contributed by atoms with van der Waals surface area (Å²) in [6, 6.07) is -0.720. The molecule has 0 aromatic rings. The van der Waals surface area contributed by atoms with Crippen LogP contribution in [0.25, 0.3) is 0 Å². The van der Waals surface area contributed by atoms with E-state index in [-0.39, 0.29) is 42.7 Å². The molecule has 0 aliphatic rings. The highest BCUT2D eigenvalue weighted by molar-refractivity contribution is 5.70. The number of hydrogen-bond acceptors (Lipinski definition) is 7. The van der Waals surface area contributed by atoms with Gasteiger partial charge in [-0.15, -0.1) is 0 Å². The molecule has 0 rings (SSSR count). The smallest absolute Gasteiger partial charge is 0.306 e. The molecule has 0 heterocycles. The van der Waals surface area contributed by atoms with E-state index in [0.29, 0.717) is 12.8 Å². The third kappa shape index (κ3) is 37.4. The summed E-state index contributed by atoms with van der Waals surface area (Å²) < 4.78 is 17.1. The van der Waals surface area contributed by atoms with Crippen LogP contribution in [-0.2, 0) is 28.6 Å². The Morgan fingerprint density at radius 3 is 1.31 bits per heavy atom. The van der Waals surface area contributed by atoms with E-state index in [9.17, 15) is 19.5 Å². The number of carbonyl (C=O) groups excluding carboxylic acids is 3. The number of ether oxygens (including phenoxy) is 3. The summed E-state index contributed by atoms with van der Waals surface area (Å²) in [6.45, 7) is 4.65. The lowest BCUT2D eigenvalue weighted by Crippen LogP contribution is -2.55. The molecule has 0 aromatic carbocycles. The molecule has 0 N–H and O–H groups in total. The number of unbranched alkanes of at least 4 members (excludes halogenated alkanes) is 26. The highest BCUT2D eigenvalue weighted by Crippen LogP contribution is 2.15. The Kier molecular flexibility index (Phi) is 37.6. The zero-order valence-electron chi connectivity index (χ0n) is 36.9. The summed E-state index contributed by atoms with van der Waals surface area (Å²) in [5.74, 6) is -1.73. The summed E-state index contributed by atoms with van der Waals surface area (Å²) >= 11 is 0. The molecule has 0 amide bonds. The first kappa shape index (κ1) is 53.1. The van der Waals surface area contributed by atoms with Crippen molar-refractivity contribution in [3.8, 4) is 0 Å². The van der Waals surface area contributed by atoms with Crippen LogP contribution in [0.1, 0.15) is 219 Å². The number of aliphatic carboxylic acids is 1. The molecule has 0 aromatic heterocycles. The van der Waals surface area contributed by atoms with E-state index in [1.807, 2.05) is 0 Å². The number of nitrogens with zero attached hydrogens (tertiary/aromatic N) is 1. The molecular weight excluding hydrogens is 691 g/mol. The summed E-state index contributed by atoms with van der Waals surface area (Å²) in [5.41, 5.74) is 0. The number of esters is 2. The molecule has 2 atom stereocenters. The maximum Gasteiger partial charge on any atom is 0.306 e. The average molecular weight is 780 g/mol. The molecule has 0 radical (unpaired) electrons. The van der Waals surface area contributed by atoms with Gasteiger partial charge in [0.2, 0.25) is 0 Å². The Balaban J connectivity index is 4.13. The fourth-order valence-electron chi connectivity index (χ4n) is 7.01. The lowest BCUT2D eigenvalue weighted by Gasteiger charge is -2.34. The van der Waals surface area contributed by atoms with Crippen LogP contribution in [0.3, 0.4) is 0 Å². The molecule has 0 saturated carbocycles. The predicted octanol–water partition coefficient (Wildman–Crippen LogP) is 11.4. The SMILES string of the molecule is CCCCCCCCCC/C=C\CCCCCCCCCCCCCC(=O)OC(COCCC(C(=O)[O-])[N+](C)(C)C)COC(=O)CCCCCCCCCC. The average Bonchev–Trinajstić information content (AvgIpc) is 3.14. The normalized spacial score (nSPS) is 13.0. The fraction of sp³-hybridized carbons (Fsp3) is 0.894. The van der Waals surface area contributed by atoms with Crippen LogP contribution >= 0.6 is 0 Å². The number of hydrogen-bond donors (Lipinski definition) is 0. The van der Waals surface area contributed by atoms with Crippen molar-refractivity contribution in [2.24, 2.45) is 0 Å². The van der Waals surface area contributed by atoms with Crippen molar-refractivity contribution in [2.75, 3.05) is 41.0 Å². The van der Waals surface area contributed by atoms with Gasteiger partial charge in [0.15, 0.2) is 6.10 Å². The van der Waals surface area contributed by atoms with E-state index < -0.39 is 18.1 Å². The van der Waals surface area contributed by atoms with Crippen molar-refractivity contribution in [2.45, 2.75) is 231 Å². The van der Waals surface area contributed by atoms with Gasteiger partial charge in [0, 0.05) is 19.3 Å². The Morgan fingerprint density at radius 2 is 0.909 bits per heavy atom. The van der Waals surface area contributed by atoms with Crippen LogP contribution < -0.4 is 5.11 Å². The maximum atomic E-state index is 12.7. The van der Waals surface area contributed by atoms with Gasteiger partial charge in [-0.05, 0) is 38.5 Å². The van der Waals surface area contributed by atoms with Gasteiger partial charge >= 0.3 is 11.9 Å². The zero-order chi connectivity index (χ0) is 40.7. The second-order valence-corrected chi connectivity index (χ2v) is 17.0. The van der Waals surface area contributed by atoms with E-state index >= 15 is 0 Å². The number of carboxylic acids is 1. The molecule has 2 unspecified atom stereocenters. The standard InChI is InChI=1S/C47H89NO7/c1-6-8-10-12-14-16-17-18-19-20-21-22-23-24-25-26-27-28-29-30-32-34-36-38-46(50)55-43(41-53-40-39-44(47(51)52)48(3,4)5)42-54-45(49)37-35-33-31-15-13-11-9-7-2/h20-21,43-44H,6-19,22-42H2,1-5H3/b21-20-. The summed E-state index contributed by atoms with van der Waals surface area (Å²) in [5, 5.41) is 11.6. The van der Waals surface area contributed by atoms with Gasteiger partial charge in [-0.25, -0.2) is 0 Å². The Labute approximate surface area is 339 Å². The van der Waals surface area contributed by atoms with Crippen molar-refractivity contribution in [3.05, 3.63) is 12.2 Å². The highest BCUT2D eigenvalue weighted by atomic mass is 16.6. The van der Waals surface area contributed by atoms with Gasteiger partial charge in [0.25, 0.3) is 0 Å². The first-order valence-electron chi connectivity index (χ1n) is 23.2. The van der Waals surface area contributed by atoms with E-state index in [1.165, 1.54) is 148 Å². The minimum Gasteiger partial charge on any atom is -0.544 e. The minimum absolute atomic E-state index is 0.0458. The van der Waals surface area contributed by atoms with Crippen molar-refractivity contribution in [1.29, 1.82) is 0 Å². The number of quaternary nitrogens is 1. The topological polar surface area (TPSA) is 102 Å². The van der Waals surface area contributed by atoms with E-state index in [0.717, 1.165) is 38.5 Å². The lowest BCUT2D eigenvalue weighted by molar-refractivity contribution is -0.889. The summed E-state index contributed by atoms with van der Waals surface area (Å²) in [4.78, 5) is 36.7. The zero-order valence-corrected chi connectivity index (χ0v) is 36.9. The van der Waals surface area contributed by atoms with E-state index in [2.05, 4.69) is 26.0 Å². The van der Waals surface area contributed by atoms with Crippen LogP contribution in [0.2, 0.25) is 0 Å². The molecular formula is C47H89NO7. The van der Waals surface area contributed by atoms with E-state index in [1.54, 1.807) is 21.1 Å². The monoisotopic (exact) mass is 780 g/mol. The van der Waals surface area contributed by atoms with Crippen LogP contribution in [-0.4, -0.2) is 75.5 Å². The van der Waals surface area contributed by atoms with Gasteiger partial charge in [-0.1, -0.05) is 174 Å². The molecule has 8 heteroatoms. The Morgan fingerprint density at radius 1 is 0.527 bits per heavy atom. The van der Waals surface area contributed by atoms with Crippen molar-refractivity contribution in [1.82, 2.24) is 0 Å². The number of carbonyl (C=O) groups is 3. The third-order valence-corrected chi connectivity index (χ3v) is 10.7. The van der Waals surface area contributed by atoms with Crippen LogP contribution in [0.4, 0.5) is 0 Å². The molecule has 0 aliphatic heterocycles. The minimum atomic E-state index is -1.12. The van der Waals surface area contributed by atoms with Crippen LogP contribution in [0.5, 0.6) is 0 Å². The quantitative estimate of drug-likeness (QED) is 0.0263. The number of likely N-dealkylation sites (N-methyl/N-ethyl adjacent to an activating group) is 1. The van der Waals surface area contributed by atoms with Crippen molar-refractivity contribution in [3.63, 3.8) is 0 Å². The second-order valence-electron chi connectivity index (χ2n) is 17.0. The van der Waals surface area contributed by atoms with Gasteiger partial charge in [0.1, 0.15) is 12.6 Å². The maximum absolute atomic E-state index is 12.7. The molecule has 0 spiro atoms. The van der Waals surface area contributed by atoms with Gasteiger partial charge in [0.05, 0.1) is 40.3 Å². The Bertz CT molecular complexity index is 915. The second kappa shape index (κ2) is 38.9. The van der Waals surface area contributed by atoms with Crippen LogP contribution in [0, 0.1) is 0 Å². The lowest BCUT2D eigenvalue weighted by atomic mass is 10.0. The molecule has 0 bridgehead atoms. The number of allylic oxidation sites excluding steroid dienone is 2. The largest absolute Gasteiger partial charge is 0.544 e. The summed E-state index contributed by atoms with van der Waals surface area (Å²) in [7, 11) is 5.41. The van der Waals surface area contributed by atoms with Gasteiger partial charge in [-0.2, -0.15) is 0 Å². The molecule has 0 aliphatic carbocycles. The number of carboxylic acid groups (broad SMARTS) is 1. The van der Waals surface area contributed by atoms with Crippen molar-refractivity contribution >= 4 is 17.9 Å². The molecule has 0 fully saturated rings. The van der Waals surface area contributed by atoms with Gasteiger partial charge < -0.3 is 28.6 Å². The highest BCUT2D eigenvalue weighted by Gasteiger charge is 2.25. The first-order valence-corrected chi connectivity index (χ1v) is 23.2. The summed E-state index contributed by atoms with van der Waals surface area (Å²) in [6.07, 6.45) is 41.1. The molecule has 324 valence electrons. The number of rotatable bonds is 42. The third-order valence-electron chi connectivity index (χ3n) is 10.7. The predicted molar refractivity (Wildman–Crippen MR) is 227 cm³/mol. The van der Waals surface area contributed by atoms with Gasteiger partial charge in [-0.3, -0.25) is 9.59 Å². The molecule has 55 heavy (non-hydrogen) atoms. The van der Waals surface area contributed by atoms with Crippen LogP contribution in [0.15, 0.2) is 12.2 Å². The molecule has 8 nitrogen and oxygen atoms in total.